The molecule has 0 aliphatic carbocycles. The fourth-order valence-corrected chi connectivity index (χ4v) is 2.70. The summed E-state index contributed by atoms with van der Waals surface area (Å²) < 4.78 is 63.6. The molecule has 0 saturated heterocycles. The van der Waals surface area contributed by atoms with Crippen LogP contribution in [0, 0.1) is 0 Å². The van der Waals surface area contributed by atoms with Crippen molar-refractivity contribution in [3.05, 3.63) is 71.8 Å². The Labute approximate surface area is 153 Å². The Balaban J connectivity index is 1.93. The normalized spacial score (nSPS) is 12.3. The van der Waals surface area contributed by atoms with E-state index in [4.69, 9.17) is 0 Å². The third kappa shape index (κ3) is 7.21. The number of sulfonamides is 1. The Morgan fingerprint density at radius 3 is 2.44 bits per heavy atom. The van der Waals surface area contributed by atoms with Gasteiger partial charge in [0.1, 0.15) is 0 Å². The number of hydrogen-bond acceptors (Lipinski definition) is 5. The molecule has 0 aliphatic heterocycles. The topological polar surface area (TPSA) is 81.7 Å². The molecule has 144 valence electrons. The van der Waals surface area contributed by atoms with E-state index in [0.717, 1.165) is 6.08 Å². The van der Waals surface area contributed by atoms with Crippen molar-refractivity contribution >= 4 is 22.1 Å². The third-order valence-electron chi connectivity index (χ3n) is 3.07. The van der Waals surface area contributed by atoms with Crippen molar-refractivity contribution in [1.82, 2.24) is 4.89 Å². The van der Waals surface area contributed by atoms with Crippen molar-refractivity contribution < 1.29 is 36.0 Å². The number of ether oxygens (including phenoxy) is 1. The fraction of sp³-hybridized carbons (Fsp3) is 0.118. The van der Waals surface area contributed by atoms with Gasteiger partial charge in [-0.1, -0.05) is 36.4 Å². The van der Waals surface area contributed by atoms with Gasteiger partial charge in [-0.05, 0) is 40.3 Å². The van der Waals surface area contributed by atoms with Gasteiger partial charge in [0.2, 0.25) is 0 Å². The molecule has 2 aromatic rings. The highest BCUT2D eigenvalue weighted by atomic mass is 32.2. The first-order valence-electron chi connectivity index (χ1n) is 7.41. The molecule has 0 aliphatic rings. The van der Waals surface area contributed by atoms with E-state index in [1.807, 2.05) is 0 Å². The second-order valence-electron chi connectivity index (χ2n) is 5.13. The summed E-state index contributed by atoms with van der Waals surface area (Å²) in [5.41, 5.74) is 0.647. The van der Waals surface area contributed by atoms with E-state index in [1.165, 1.54) is 54.6 Å². The van der Waals surface area contributed by atoms with E-state index in [1.54, 1.807) is 11.0 Å². The molecule has 0 unspecified atom stereocenters. The summed E-state index contributed by atoms with van der Waals surface area (Å²) in [6.07, 6.45) is -2.56. The maximum absolute atomic E-state index is 12.0. The first-order chi connectivity index (χ1) is 12.7. The zero-order chi connectivity index (χ0) is 19.9. The summed E-state index contributed by atoms with van der Waals surface area (Å²) in [4.78, 5) is 17.7. The Kier molecular flexibility index (Phi) is 6.72. The number of rotatable bonds is 7. The van der Waals surface area contributed by atoms with Gasteiger partial charge in [-0.3, -0.25) is 4.74 Å². The lowest BCUT2D eigenvalue weighted by Crippen LogP contribution is -2.26. The third-order valence-corrected chi connectivity index (χ3v) is 4.27. The molecule has 6 nitrogen and oxygen atoms in total. The summed E-state index contributed by atoms with van der Waals surface area (Å²) in [5, 5.41) is 0. The average molecular weight is 401 g/mol. The number of hydrogen-bond donors (Lipinski definition) is 1. The van der Waals surface area contributed by atoms with Crippen molar-refractivity contribution in [2.45, 2.75) is 17.9 Å². The molecule has 0 heterocycles. The molecule has 0 spiro atoms. The molecule has 10 heteroatoms. The van der Waals surface area contributed by atoms with Crippen LogP contribution in [0.2, 0.25) is 0 Å². The predicted octanol–water partition coefficient (Wildman–Crippen LogP) is 3.17. The van der Waals surface area contributed by atoms with Crippen LogP contribution in [0.25, 0.3) is 6.08 Å². The van der Waals surface area contributed by atoms with Gasteiger partial charge >= 0.3 is 12.3 Å². The SMILES string of the molecule is O=C(/C=C/c1cccc(COC(F)(F)F)c1)ONS(=O)(=O)c1ccccc1. The monoisotopic (exact) mass is 401 g/mol. The van der Waals surface area contributed by atoms with Crippen molar-refractivity contribution in [3.63, 3.8) is 0 Å². The zero-order valence-corrected chi connectivity index (χ0v) is 14.5. The van der Waals surface area contributed by atoms with Gasteiger partial charge < -0.3 is 4.84 Å². The molecular weight excluding hydrogens is 387 g/mol. The smallest absolute Gasteiger partial charge is 0.352 e. The summed E-state index contributed by atoms with van der Waals surface area (Å²) in [6, 6.07) is 13.1. The Morgan fingerprint density at radius 1 is 1.07 bits per heavy atom. The van der Waals surface area contributed by atoms with E-state index in [2.05, 4.69) is 9.57 Å². The maximum atomic E-state index is 12.0. The van der Waals surface area contributed by atoms with Gasteiger partial charge in [0.25, 0.3) is 10.0 Å². The predicted molar refractivity (Wildman–Crippen MR) is 89.2 cm³/mol. The second-order valence-corrected chi connectivity index (χ2v) is 6.78. The van der Waals surface area contributed by atoms with E-state index in [-0.39, 0.29) is 10.5 Å². The Bertz CT molecular complexity index is 912. The summed E-state index contributed by atoms with van der Waals surface area (Å²) >= 11 is 0. The van der Waals surface area contributed by atoms with Crippen LogP contribution in [-0.2, 0) is 31.0 Å². The lowest BCUT2D eigenvalue weighted by Gasteiger charge is -2.07. The number of nitrogens with one attached hydrogen (secondary N) is 1. The molecule has 0 radical (unpaired) electrons. The molecule has 2 aromatic carbocycles. The van der Waals surface area contributed by atoms with E-state index in [9.17, 15) is 26.4 Å². The highest BCUT2D eigenvalue weighted by Crippen LogP contribution is 2.19. The average Bonchev–Trinajstić information content (AvgIpc) is 2.64. The van der Waals surface area contributed by atoms with Crippen LogP contribution in [-0.4, -0.2) is 20.7 Å². The van der Waals surface area contributed by atoms with E-state index < -0.39 is 29.0 Å². The van der Waals surface area contributed by atoms with Crippen LogP contribution < -0.4 is 4.89 Å². The van der Waals surface area contributed by atoms with Crippen LogP contribution >= 0.6 is 0 Å². The highest BCUT2D eigenvalue weighted by molar-refractivity contribution is 7.89. The standard InChI is InChI=1S/C17H14F3NO5S/c18-17(19,20)25-12-14-6-4-5-13(11-14)9-10-16(22)26-21-27(23,24)15-7-2-1-3-8-15/h1-11,21H,12H2/b10-9+. The molecule has 1 N–H and O–H groups in total. The van der Waals surface area contributed by atoms with Crippen molar-refractivity contribution in [2.75, 3.05) is 0 Å². The van der Waals surface area contributed by atoms with Gasteiger partial charge in [-0.15, -0.1) is 13.2 Å². The number of benzene rings is 2. The molecule has 2 rings (SSSR count). The first kappa shape index (κ1) is 20.6. The Morgan fingerprint density at radius 2 is 1.78 bits per heavy atom. The quantitative estimate of drug-likeness (QED) is 0.569. The summed E-state index contributed by atoms with van der Waals surface area (Å²) in [5.74, 6) is -1.01. The summed E-state index contributed by atoms with van der Waals surface area (Å²) in [6.45, 7) is -0.674. The van der Waals surface area contributed by atoms with Gasteiger partial charge in [0.05, 0.1) is 11.5 Å². The molecule has 0 aromatic heterocycles. The molecule has 0 fully saturated rings. The molecule has 27 heavy (non-hydrogen) atoms. The number of alkyl halides is 3. The number of carbonyl (C=O) groups excluding carboxylic acids is 1. The van der Waals surface area contributed by atoms with Crippen LogP contribution in [0.4, 0.5) is 13.2 Å². The van der Waals surface area contributed by atoms with Crippen LogP contribution in [0.15, 0.2) is 65.6 Å². The minimum Gasteiger partial charge on any atom is -0.352 e. The maximum Gasteiger partial charge on any atom is 0.522 e. The number of halogens is 3. The molecule has 0 bridgehead atoms. The van der Waals surface area contributed by atoms with Crippen molar-refractivity contribution in [1.29, 1.82) is 0 Å². The van der Waals surface area contributed by atoms with Gasteiger partial charge in [0.15, 0.2) is 0 Å². The van der Waals surface area contributed by atoms with Crippen LogP contribution in [0.1, 0.15) is 11.1 Å². The molecule has 0 atom stereocenters. The van der Waals surface area contributed by atoms with Gasteiger partial charge in [-0.25, -0.2) is 13.2 Å². The summed E-state index contributed by atoms with van der Waals surface area (Å²) in [7, 11) is -4.02. The zero-order valence-electron chi connectivity index (χ0n) is 13.6. The minimum absolute atomic E-state index is 0.0841. The molecule has 0 saturated carbocycles. The Hall–Kier alpha value is -2.69. The van der Waals surface area contributed by atoms with Gasteiger partial charge in [0, 0.05) is 6.08 Å². The van der Waals surface area contributed by atoms with Crippen LogP contribution in [0.3, 0.4) is 0 Å². The lowest BCUT2D eigenvalue weighted by molar-refractivity contribution is -0.330. The minimum atomic E-state index is -4.74. The molecular formula is C17H14F3NO5S. The van der Waals surface area contributed by atoms with E-state index >= 15 is 0 Å². The highest BCUT2D eigenvalue weighted by Gasteiger charge is 2.28. The van der Waals surface area contributed by atoms with Crippen LogP contribution in [0.5, 0.6) is 0 Å². The first-order valence-corrected chi connectivity index (χ1v) is 8.89. The lowest BCUT2D eigenvalue weighted by atomic mass is 10.1. The largest absolute Gasteiger partial charge is 0.522 e. The second kappa shape index (κ2) is 8.80. The van der Waals surface area contributed by atoms with Crippen molar-refractivity contribution in [2.24, 2.45) is 0 Å². The number of carbonyl (C=O) groups is 1. The van der Waals surface area contributed by atoms with Crippen molar-refractivity contribution in [3.8, 4) is 0 Å². The fourth-order valence-electron chi connectivity index (χ4n) is 1.89. The van der Waals surface area contributed by atoms with E-state index in [0.29, 0.717) is 5.56 Å². The van der Waals surface area contributed by atoms with Gasteiger partial charge in [-0.2, -0.15) is 0 Å². The molecule has 0 amide bonds.